The van der Waals surface area contributed by atoms with Gasteiger partial charge in [-0.3, -0.25) is 14.5 Å². The summed E-state index contributed by atoms with van der Waals surface area (Å²) in [5, 5.41) is 2.75. The summed E-state index contributed by atoms with van der Waals surface area (Å²) in [5.41, 5.74) is 1.74. The van der Waals surface area contributed by atoms with Crippen molar-refractivity contribution >= 4 is 27.5 Å². The van der Waals surface area contributed by atoms with Crippen LogP contribution in [0.25, 0.3) is 11.3 Å². The predicted molar refractivity (Wildman–Crippen MR) is 103 cm³/mol. The SMILES string of the molecule is CC(=O)N(C)c1nc(-c2ccccc2)ccc1C(=O)NC1CCS(=O)(=O)C1. The molecule has 142 valence electrons. The molecular formula is C19H21N3O4S. The molecule has 2 heterocycles. The van der Waals surface area contributed by atoms with E-state index in [4.69, 9.17) is 0 Å². The van der Waals surface area contributed by atoms with Crippen molar-refractivity contribution in [3.63, 3.8) is 0 Å². The third-order valence-corrected chi connectivity index (χ3v) is 6.31. The van der Waals surface area contributed by atoms with Crippen molar-refractivity contribution in [1.29, 1.82) is 0 Å². The van der Waals surface area contributed by atoms with Crippen LogP contribution in [-0.4, -0.2) is 49.8 Å². The summed E-state index contributed by atoms with van der Waals surface area (Å²) < 4.78 is 23.2. The summed E-state index contributed by atoms with van der Waals surface area (Å²) in [6.07, 6.45) is 0.390. The molecule has 3 rings (SSSR count). The van der Waals surface area contributed by atoms with Crippen LogP contribution >= 0.6 is 0 Å². The zero-order valence-corrected chi connectivity index (χ0v) is 16.0. The molecule has 1 fully saturated rings. The molecule has 0 spiro atoms. The molecule has 1 saturated heterocycles. The lowest BCUT2D eigenvalue weighted by Crippen LogP contribution is -2.37. The molecule has 1 aliphatic rings. The molecule has 0 bridgehead atoms. The van der Waals surface area contributed by atoms with E-state index in [1.165, 1.54) is 11.8 Å². The number of nitrogens with zero attached hydrogens (tertiary/aromatic N) is 2. The molecule has 1 aromatic carbocycles. The van der Waals surface area contributed by atoms with Crippen molar-refractivity contribution in [2.45, 2.75) is 19.4 Å². The van der Waals surface area contributed by atoms with Crippen LogP contribution in [0.4, 0.5) is 5.82 Å². The van der Waals surface area contributed by atoms with Gasteiger partial charge in [0.05, 0.1) is 22.8 Å². The summed E-state index contributed by atoms with van der Waals surface area (Å²) in [5.74, 6) is -0.449. The number of carbonyl (C=O) groups excluding carboxylic acids is 2. The molecular weight excluding hydrogens is 366 g/mol. The molecule has 7 nitrogen and oxygen atoms in total. The van der Waals surface area contributed by atoms with Gasteiger partial charge in [0.1, 0.15) is 5.82 Å². The highest BCUT2D eigenvalue weighted by Crippen LogP contribution is 2.24. The van der Waals surface area contributed by atoms with E-state index in [1.54, 1.807) is 19.2 Å². The predicted octanol–water partition coefficient (Wildman–Crippen LogP) is 1.65. The van der Waals surface area contributed by atoms with Crippen molar-refractivity contribution in [3.8, 4) is 11.3 Å². The monoisotopic (exact) mass is 387 g/mol. The standard InChI is InChI=1S/C19H21N3O4S/c1-13(23)22(2)18-16(19(24)20-15-10-11-27(25,26)12-15)8-9-17(21-18)14-6-4-3-5-7-14/h3-9,15H,10-12H2,1-2H3,(H,20,24). The second kappa shape index (κ2) is 7.48. The van der Waals surface area contributed by atoms with Crippen molar-refractivity contribution in [2.75, 3.05) is 23.5 Å². The maximum atomic E-state index is 12.7. The molecule has 0 aliphatic carbocycles. The van der Waals surface area contributed by atoms with Gasteiger partial charge in [-0.25, -0.2) is 13.4 Å². The fourth-order valence-corrected chi connectivity index (χ4v) is 4.65. The number of sulfone groups is 1. The Bertz CT molecular complexity index is 974. The lowest BCUT2D eigenvalue weighted by molar-refractivity contribution is -0.116. The Kier molecular flexibility index (Phi) is 5.27. The van der Waals surface area contributed by atoms with Crippen LogP contribution in [0.1, 0.15) is 23.7 Å². The molecule has 8 heteroatoms. The van der Waals surface area contributed by atoms with Gasteiger partial charge in [-0.05, 0) is 18.6 Å². The highest BCUT2D eigenvalue weighted by Gasteiger charge is 2.30. The van der Waals surface area contributed by atoms with E-state index in [0.29, 0.717) is 12.1 Å². The maximum Gasteiger partial charge on any atom is 0.255 e. The molecule has 1 N–H and O–H groups in total. The van der Waals surface area contributed by atoms with Crippen LogP contribution in [0.5, 0.6) is 0 Å². The van der Waals surface area contributed by atoms with Crippen LogP contribution < -0.4 is 10.2 Å². The van der Waals surface area contributed by atoms with Crippen molar-refractivity contribution in [2.24, 2.45) is 0 Å². The van der Waals surface area contributed by atoms with E-state index in [0.717, 1.165) is 5.56 Å². The number of nitrogens with one attached hydrogen (secondary N) is 1. The lowest BCUT2D eigenvalue weighted by atomic mass is 10.1. The molecule has 1 aliphatic heterocycles. The molecule has 1 aromatic heterocycles. The van der Waals surface area contributed by atoms with Crippen molar-refractivity contribution in [1.82, 2.24) is 10.3 Å². The highest BCUT2D eigenvalue weighted by atomic mass is 32.2. The summed E-state index contributed by atoms with van der Waals surface area (Å²) >= 11 is 0. The minimum atomic E-state index is -3.10. The normalized spacial score (nSPS) is 18.1. The van der Waals surface area contributed by atoms with Gasteiger partial charge in [0.2, 0.25) is 5.91 Å². The quantitative estimate of drug-likeness (QED) is 0.860. The van der Waals surface area contributed by atoms with Gasteiger partial charge < -0.3 is 5.32 Å². The number of amides is 2. The topological polar surface area (TPSA) is 96.4 Å². The van der Waals surface area contributed by atoms with Crippen LogP contribution in [0.15, 0.2) is 42.5 Å². The maximum absolute atomic E-state index is 12.7. The molecule has 0 saturated carbocycles. The first-order valence-electron chi connectivity index (χ1n) is 8.59. The van der Waals surface area contributed by atoms with Gasteiger partial charge in [0.15, 0.2) is 9.84 Å². The highest BCUT2D eigenvalue weighted by molar-refractivity contribution is 7.91. The first-order valence-corrected chi connectivity index (χ1v) is 10.4. The molecule has 1 atom stereocenters. The number of aromatic nitrogens is 1. The number of pyridine rings is 1. The molecule has 2 amide bonds. The average Bonchev–Trinajstić information content (AvgIpc) is 2.99. The van der Waals surface area contributed by atoms with Gasteiger partial charge in [0.25, 0.3) is 5.91 Å². The third kappa shape index (κ3) is 4.33. The number of carbonyl (C=O) groups is 2. The second-order valence-corrected chi connectivity index (χ2v) is 8.81. The smallest absolute Gasteiger partial charge is 0.255 e. The van der Waals surface area contributed by atoms with E-state index in [2.05, 4.69) is 10.3 Å². The van der Waals surface area contributed by atoms with Gasteiger partial charge in [-0.1, -0.05) is 30.3 Å². The van der Waals surface area contributed by atoms with Crippen LogP contribution in [0, 0.1) is 0 Å². The van der Waals surface area contributed by atoms with Crippen molar-refractivity contribution in [3.05, 3.63) is 48.0 Å². The van der Waals surface area contributed by atoms with Crippen LogP contribution in [0.3, 0.4) is 0 Å². The summed E-state index contributed by atoms with van der Waals surface area (Å²) in [6.45, 7) is 1.39. The fraction of sp³-hybridized carbons (Fsp3) is 0.316. The Morgan fingerprint density at radius 2 is 1.85 bits per heavy atom. The Morgan fingerprint density at radius 3 is 2.44 bits per heavy atom. The zero-order chi connectivity index (χ0) is 19.6. The molecule has 27 heavy (non-hydrogen) atoms. The molecule has 0 radical (unpaired) electrons. The lowest BCUT2D eigenvalue weighted by Gasteiger charge is -2.20. The summed E-state index contributed by atoms with van der Waals surface area (Å²) in [6, 6.07) is 12.3. The summed E-state index contributed by atoms with van der Waals surface area (Å²) in [7, 11) is -1.55. The van der Waals surface area contributed by atoms with Gasteiger partial charge in [-0.2, -0.15) is 0 Å². The minimum absolute atomic E-state index is 0.0633. The van der Waals surface area contributed by atoms with Crippen molar-refractivity contribution < 1.29 is 18.0 Å². The van der Waals surface area contributed by atoms with Crippen LogP contribution in [0.2, 0.25) is 0 Å². The minimum Gasteiger partial charge on any atom is -0.348 e. The fourth-order valence-electron chi connectivity index (χ4n) is 2.97. The molecule has 2 aromatic rings. The average molecular weight is 387 g/mol. The number of rotatable bonds is 4. The van der Waals surface area contributed by atoms with E-state index in [1.807, 2.05) is 30.3 Å². The second-order valence-electron chi connectivity index (χ2n) is 6.59. The first kappa shape index (κ1) is 19.0. The Labute approximate surface area is 158 Å². The Balaban J connectivity index is 1.94. The van der Waals surface area contributed by atoms with E-state index >= 15 is 0 Å². The molecule has 1 unspecified atom stereocenters. The van der Waals surface area contributed by atoms with Gasteiger partial charge >= 0.3 is 0 Å². The van der Waals surface area contributed by atoms with Gasteiger partial charge in [-0.15, -0.1) is 0 Å². The number of hydrogen-bond donors (Lipinski definition) is 1. The Hall–Kier alpha value is -2.74. The summed E-state index contributed by atoms with van der Waals surface area (Å²) in [4.78, 5) is 30.4. The van der Waals surface area contributed by atoms with E-state index in [9.17, 15) is 18.0 Å². The number of hydrogen-bond acceptors (Lipinski definition) is 5. The Morgan fingerprint density at radius 1 is 1.15 bits per heavy atom. The first-order chi connectivity index (χ1) is 12.8. The van der Waals surface area contributed by atoms with E-state index in [-0.39, 0.29) is 28.8 Å². The van der Waals surface area contributed by atoms with Gasteiger partial charge in [0, 0.05) is 25.6 Å². The zero-order valence-electron chi connectivity index (χ0n) is 15.2. The number of benzene rings is 1. The third-order valence-electron chi connectivity index (χ3n) is 4.55. The van der Waals surface area contributed by atoms with Crippen LogP contribution in [-0.2, 0) is 14.6 Å². The number of anilines is 1. The van der Waals surface area contributed by atoms with E-state index < -0.39 is 21.8 Å². The largest absolute Gasteiger partial charge is 0.348 e.